The van der Waals surface area contributed by atoms with Gasteiger partial charge < -0.3 is 5.11 Å². The number of carbonyl (C=O) groups is 1. The van der Waals surface area contributed by atoms with E-state index in [4.69, 9.17) is 5.11 Å². The Labute approximate surface area is 116 Å². The second-order valence-corrected chi connectivity index (χ2v) is 4.74. The van der Waals surface area contributed by atoms with E-state index in [1.807, 2.05) is 43.5 Å². The average Bonchev–Trinajstić information content (AvgIpc) is 2.46. The zero-order valence-corrected chi connectivity index (χ0v) is 11.0. The Balaban J connectivity index is 2.26. The van der Waals surface area contributed by atoms with E-state index >= 15 is 0 Å². The molecule has 0 aliphatic heterocycles. The number of carboxylic acid groups (broad SMARTS) is 1. The third-order valence-electron chi connectivity index (χ3n) is 3.32. The molecule has 0 fully saturated rings. The topological polar surface area (TPSA) is 50.2 Å². The number of aryl methyl sites for hydroxylation is 1. The van der Waals surface area contributed by atoms with Crippen molar-refractivity contribution in [1.82, 2.24) is 4.98 Å². The van der Waals surface area contributed by atoms with Crippen LogP contribution in [0.4, 0.5) is 0 Å². The van der Waals surface area contributed by atoms with E-state index in [2.05, 4.69) is 4.98 Å². The van der Waals surface area contributed by atoms with Crippen LogP contribution in [-0.4, -0.2) is 16.1 Å². The van der Waals surface area contributed by atoms with Crippen molar-refractivity contribution >= 4 is 16.7 Å². The van der Waals surface area contributed by atoms with Crippen LogP contribution in [0, 0.1) is 6.92 Å². The first kappa shape index (κ1) is 12.4. The lowest BCUT2D eigenvalue weighted by atomic mass is 9.97. The van der Waals surface area contributed by atoms with E-state index in [1.54, 1.807) is 18.2 Å². The third kappa shape index (κ3) is 2.14. The molecule has 3 nitrogen and oxygen atoms in total. The number of benzene rings is 2. The maximum atomic E-state index is 11.1. The Morgan fingerprint density at radius 1 is 1.10 bits per heavy atom. The number of pyridine rings is 1. The highest BCUT2D eigenvalue weighted by Crippen LogP contribution is 2.29. The van der Waals surface area contributed by atoms with Gasteiger partial charge in [-0.1, -0.05) is 30.3 Å². The SMILES string of the molecule is Cc1cc2c(-c3cccc(C(=O)O)c3)cccc2cn1. The molecule has 0 radical (unpaired) electrons. The van der Waals surface area contributed by atoms with Gasteiger partial charge in [-0.25, -0.2) is 4.79 Å². The Morgan fingerprint density at radius 2 is 1.90 bits per heavy atom. The second-order valence-electron chi connectivity index (χ2n) is 4.74. The van der Waals surface area contributed by atoms with Gasteiger partial charge in [0, 0.05) is 17.3 Å². The van der Waals surface area contributed by atoms with Crippen molar-refractivity contribution in [2.75, 3.05) is 0 Å². The number of aromatic carboxylic acids is 1. The van der Waals surface area contributed by atoms with Crippen LogP contribution >= 0.6 is 0 Å². The van der Waals surface area contributed by atoms with Crippen molar-refractivity contribution in [2.24, 2.45) is 0 Å². The maximum absolute atomic E-state index is 11.1. The van der Waals surface area contributed by atoms with Gasteiger partial charge in [0.05, 0.1) is 5.56 Å². The lowest BCUT2D eigenvalue weighted by Crippen LogP contribution is -1.96. The predicted molar refractivity (Wildman–Crippen MR) is 78.9 cm³/mol. The quantitative estimate of drug-likeness (QED) is 0.762. The molecule has 1 aromatic heterocycles. The van der Waals surface area contributed by atoms with Crippen LogP contribution in [-0.2, 0) is 0 Å². The molecule has 0 atom stereocenters. The Hall–Kier alpha value is -2.68. The molecule has 1 heterocycles. The summed E-state index contributed by atoms with van der Waals surface area (Å²) in [7, 11) is 0. The van der Waals surface area contributed by atoms with E-state index < -0.39 is 5.97 Å². The highest BCUT2D eigenvalue weighted by Gasteiger charge is 2.08. The molecule has 0 aliphatic rings. The molecule has 3 aromatic rings. The first-order valence-electron chi connectivity index (χ1n) is 6.34. The number of nitrogens with zero attached hydrogens (tertiary/aromatic N) is 1. The fraction of sp³-hybridized carbons (Fsp3) is 0.0588. The summed E-state index contributed by atoms with van der Waals surface area (Å²) in [6.45, 7) is 1.95. The second kappa shape index (κ2) is 4.78. The number of carboxylic acids is 1. The molecular weight excluding hydrogens is 250 g/mol. The van der Waals surface area contributed by atoms with Crippen molar-refractivity contribution in [3.8, 4) is 11.1 Å². The lowest BCUT2D eigenvalue weighted by Gasteiger charge is -2.08. The molecule has 0 bridgehead atoms. The monoisotopic (exact) mass is 263 g/mol. The van der Waals surface area contributed by atoms with Crippen molar-refractivity contribution in [3.63, 3.8) is 0 Å². The Bertz CT molecular complexity index is 809. The number of rotatable bonds is 2. The first-order chi connectivity index (χ1) is 9.65. The van der Waals surface area contributed by atoms with Crippen LogP contribution in [0.5, 0.6) is 0 Å². The van der Waals surface area contributed by atoms with Crippen LogP contribution in [0.2, 0.25) is 0 Å². The highest BCUT2D eigenvalue weighted by molar-refractivity contribution is 5.98. The third-order valence-corrected chi connectivity index (χ3v) is 3.32. The molecule has 0 aliphatic carbocycles. The van der Waals surface area contributed by atoms with Crippen molar-refractivity contribution in [2.45, 2.75) is 6.92 Å². The molecule has 0 saturated carbocycles. The number of hydrogen-bond acceptors (Lipinski definition) is 2. The molecule has 1 N–H and O–H groups in total. The zero-order valence-electron chi connectivity index (χ0n) is 11.0. The van der Waals surface area contributed by atoms with Gasteiger partial charge >= 0.3 is 5.97 Å². The van der Waals surface area contributed by atoms with E-state index in [9.17, 15) is 4.79 Å². The van der Waals surface area contributed by atoms with Crippen LogP contribution in [0.25, 0.3) is 21.9 Å². The van der Waals surface area contributed by atoms with E-state index in [-0.39, 0.29) is 0 Å². The Morgan fingerprint density at radius 3 is 2.70 bits per heavy atom. The van der Waals surface area contributed by atoms with Gasteiger partial charge in [-0.15, -0.1) is 0 Å². The van der Waals surface area contributed by atoms with Gasteiger partial charge in [-0.3, -0.25) is 4.98 Å². The van der Waals surface area contributed by atoms with Crippen molar-refractivity contribution in [1.29, 1.82) is 0 Å². The molecule has 3 heteroatoms. The minimum Gasteiger partial charge on any atom is -0.478 e. The summed E-state index contributed by atoms with van der Waals surface area (Å²) in [5, 5.41) is 11.2. The highest BCUT2D eigenvalue weighted by atomic mass is 16.4. The van der Waals surface area contributed by atoms with Crippen LogP contribution in [0.1, 0.15) is 16.1 Å². The largest absolute Gasteiger partial charge is 0.478 e. The van der Waals surface area contributed by atoms with Gasteiger partial charge in [-0.2, -0.15) is 0 Å². The number of aromatic nitrogens is 1. The summed E-state index contributed by atoms with van der Waals surface area (Å²) < 4.78 is 0. The molecule has 3 rings (SSSR count). The number of hydrogen-bond donors (Lipinski definition) is 1. The smallest absolute Gasteiger partial charge is 0.335 e. The zero-order chi connectivity index (χ0) is 14.1. The summed E-state index contributed by atoms with van der Waals surface area (Å²) >= 11 is 0. The Kier molecular flexibility index (Phi) is 2.95. The predicted octanol–water partition coefficient (Wildman–Crippen LogP) is 3.91. The van der Waals surface area contributed by atoms with E-state index in [0.29, 0.717) is 5.56 Å². The molecule has 0 spiro atoms. The van der Waals surface area contributed by atoms with Crippen LogP contribution < -0.4 is 0 Å². The minimum atomic E-state index is -0.912. The minimum absolute atomic E-state index is 0.297. The summed E-state index contributed by atoms with van der Waals surface area (Å²) in [5.41, 5.74) is 3.17. The fourth-order valence-corrected chi connectivity index (χ4v) is 2.35. The molecule has 0 amide bonds. The normalized spacial score (nSPS) is 10.7. The van der Waals surface area contributed by atoms with Gasteiger partial charge in [0.2, 0.25) is 0 Å². The maximum Gasteiger partial charge on any atom is 0.335 e. The van der Waals surface area contributed by atoms with Crippen molar-refractivity contribution < 1.29 is 9.90 Å². The average molecular weight is 263 g/mol. The summed E-state index contributed by atoms with van der Waals surface area (Å²) in [4.78, 5) is 15.4. The van der Waals surface area contributed by atoms with Gasteiger partial charge in [0.25, 0.3) is 0 Å². The van der Waals surface area contributed by atoms with Crippen LogP contribution in [0.15, 0.2) is 54.7 Å². The molecule has 98 valence electrons. The van der Waals surface area contributed by atoms with Gasteiger partial charge in [0.1, 0.15) is 0 Å². The van der Waals surface area contributed by atoms with Gasteiger partial charge in [0.15, 0.2) is 0 Å². The molecule has 0 saturated heterocycles. The van der Waals surface area contributed by atoms with Crippen molar-refractivity contribution in [3.05, 3.63) is 66.0 Å². The summed E-state index contributed by atoms with van der Waals surface area (Å²) in [5.74, 6) is -0.912. The fourth-order valence-electron chi connectivity index (χ4n) is 2.35. The molecule has 20 heavy (non-hydrogen) atoms. The lowest BCUT2D eigenvalue weighted by molar-refractivity contribution is 0.0697. The van der Waals surface area contributed by atoms with E-state index in [0.717, 1.165) is 27.6 Å². The molecular formula is C17H13NO2. The van der Waals surface area contributed by atoms with Gasteiger partial charge in [-0.05, 0) is 41.6 Å². The van der Waals surface area contributed by atoms with Crippen LogP contribution in [0.3, 0.4) is 0 Å². The molecule has 0 unspecified atom stereocenters. The summed E-state index contributed by atoms with van der Waals surface area (Å²) in [6, 6.07) is 15.0. The first-order valence-corrected chi connectivity index (χ1v) is 6.34. The number of fused-ring (bicyclic) bond motifs is 1. The molecule has 2 aromatic carbocycles. The van der Waals surface area contributed by atoms with E-state index in [1.165, 1.54) is 0 Å². The standard InChI is InChI=1S/C17H13NO2/c1-11-8-16-14(10-18-11)6-3-7-15(16)12-4-2-5-13(9-12)17(19)20/h2-10H,1H3,(H,19,20). The summed E-state index contributed by atoms with van der Waals surface area (Å²) in [6.07, 6.45) is 1.84.